The van der Waals surface area contributed by atoms with Gasteiger partial charge < -0.3 is 4.74 Å². The van der Waals surface area contributed by atoms with Gasteiger partial charge in [0.05, 0.1) is 23.6 Å². The Morgan fingerprint density at radius 1 is 0.935 bits per heavy atom. The van der Waals surface area contributed by atoms with Crippen LogP contribution < -0.4 is 4.90 Å². The predicted octanol–water partition coefficient (Wildman–Crippen LogP) is 4.86. The molecule has 8 heteroatoms. The molecular weight excluding hydrogens is 400 g/mol. The molecule has 1 heterocycles. The molecule has 0 aliphatic carbocycles. The monoisotopic (exact) mass is 430 g/mol. The van der Waals surface area contributed by atoms with Gasteiger partial charge in [-0.05, 0) is 31.9 Å². The van der Waals surface area contributed by atoms with Crippen LogP contribution in [0.25, 0.3) is 0 Å². The van der Waals surface area contributed by atoms with Crippen LogP contribution >= 0.6 is 0 Å². The van der Waals surface area contributed by atoms with Gasteiger partial charge in [0.15, 0.2) is 0 Å². The topological polar surface area (TPSA) is 107 Å². The summed E-state index contributed by atoms with van der Waals surface area (Å²) >= 11 is 0. The molecule has 0 saturated heterocycles. The van der Waals surface area contributed by atoms with Gasteiger partial charge in [0, 0.05) is 23.3 Å². The standard InChI is InChI=1S/C23H30N2O6/c1-3-5-6-7-8-9-10-11-19-20(16-21(26)31-4-2)23(28)24(22(19)27)17-12-14-18(15-13-17)25(29)30/h12-15H,3-11,16H2,1-2H3. The summed E-state index contributed by atoms with van der Waals surface area (Å²) in [7, 11) is 0. The maximum Gasteiger partial charge on any atom is 0.310 e. The van der Waals surface area contributed by atoms with E-state index in [1.165, 1.54) is 43.5 Å². The highest BCUT2D eigenvalue weighted by Crippen LogP contribution is 2.32. The van der Waals surface area contributed by atoms with Gasteiger partial charge in [0.1, 0.15) is 0 Å². The Bertz CT molecular complexity index is 844. The number of rotatable bonds is 13. The van der Waals surface area contributed by atoms with Crippen molar-refractivity contribution in [3.05, 3.63) is 45.5 Å². The summed E-state index contributed by atoms with van der Waals surface area (Å²) in [5, 5.41) is 10.9. The van der Waals surface area contributed by atoms with Crippen LogP contribution in [-0.4, -0.2) is 29.3 Å². The number of non-ortho nitro benzene ring substituents is 1. The smallest absolute Gasteiger partial charge is 0.310 e. The average Bonchev–Trinajstić information content (AvgIpc) is 2.97. The molecular formula is C23H30N2O6. The van der Waals surface area contributed by atoms with Crippen LogP contribution in [0.2, 0.25) is 0 Å². The number of nitro groups is 1. The fraction of sp³-hybridized carbons (Fsp3) is 0.522. The van der Waals surface area contributed by atoms with E-state index in [9.17, 15) is 24.5 Å². The zero-order chi connectivity index (χ0) is 22.8. The molecule has 1 aliphatic rings. The molecule has 0 bridgehead atoms. The number of ether oxygens (including phenoxy) is 1. The SMILES string of the molecule is CCCCCCCCCC1=C(CC(=O)OCC)C(=O)N(c2ccc([N+](=O)[O-])cc2)C1=O. The van der Waals surface area contributed by atoms with Crippen LogP contribution in [0.3, 0.4) is 0 Å². The van der Waals surface area contributed by atoms with Crippen molar-refractivity contribution in [2.45, 2.75) is 71.6 Å². The first-order chi connectivity index (χ1) is 14.9. The molecule has 1 aliphatic heterocycles. The van der Waals surface area contributed by atoms with Gasteiger partial charge in [-0.15, -0.1) is 0 Å². The second kappa shape index (κ2) is 12.0. The molecule has 0 N–H and O–H groups in total. The second-order valence-corrected chi connectivity index (χ2v) is 7.53. The number of amides is 2. The highest BCUT2D eigenvalue weighted by Gasteiger charge is 2.39. The summed E-state index contributed by atoms with van der Waals surface area (Å²) in [6.45, 7) is 4.03. The van der Waals surface area contributed by atoms with E-state index < -0.39 is 22.7 Å². The molecule has 1 aromatic carbocycles. The lowest BCUT2D eigenvalue weighted by Gasteiger charge is -2.15. The summed E-state index contributed by atoms with van der Waals surface area (Å²) in [5.41, 5.74) is 0.611. The molecule has 0 radical (unpaired) electrons. The van der Waals surface area contributed by atoms with E-state index in [0.29, 0.717) is 12.0 Å². The van der Waals surface area contributed by atoms with Crippen LogP contribution in [0, 0.1) is 10.1 Å². The van der Waals surface area contributed by atoms with Gasteiger partial charge in [-0.3, -0.25) is 24.5 Å². The van der Waals surface area contributed by atoms with Gasteiger partial charge >= 0.3 is 5.97 Å². The summed E-state index contributed by atoms with van der Waals surface area (Å²) in [6.07, 6.45) is 7.65. The van der Waals surface area contributed by atoms with Crippen molar-refractivity contribution in [1.82, 2.24) is 0 Å². The molecule has 31 heavy (non-hydrogen) atoms. The normalized spacial score (nSPS) is 13.8. The fourth-order valence-electron chi connectivity index (χ4n) is 3.63. The first-order valence-electron chi connectivity index (χ1n) is 10.9. The van der Waals surface area contributed by atoms with Crippen molar-refractivity contribution in [2.75, 3.05) is 11.5 Å². The first-order valence-corrected chi connectivity index (χ1v) is 10.9. The number of carbonyl (C=O) groups is 3. The van der Waals surface area contributed by atoms with Crippen LogP contribution in [0.4, 0.5) is 11.4 Å². The Kier molecular flexibility index (Phi) is 9.37. The van der Waals surface area contributed by atoms with Crippen molar-refractivity contribution in [2.24, 2.45) is 0 Å². The van der Waals surface area contributed by atoms with E-state index in [1.54, 1.807) is 6.92 Å². The Morgan fingerprint density at radius 2 is 1.52 bits per heavy atom. The van der Waals surface area contributed by atoms with E-state index in [0.717, 1.165) is 30.6 Å². The summed E-state index contributed by atoms with van der Waals surface area (Å²) in [5.74, 6) is -1.59. The average molecular weight is 431 g/mol. The number of benzene rings is 1. The van der Waals surface area contributed by atoms with Crippen LogP contribution in [0.5, 0.6) is 0 Å². The number of anilines is 1. The van der Waals surface area contributed by atoms with Crippen molar-refractivity contribution in [3.63, 3.8) is 0 Å². The van der Waals surface area contributed by atoms with Crippen molar-refractivity contribution in [1.29, 1.82) is 0 Å². The third-order valence-electron chi connectivity index (χ3n) is 5.26. The van der Waals surface area contributed by atoms with Crippen molar-refractivity contribution >= 4 is 29.2 Å². The Labute approximate surface area is 182 Å². The quantitative estimate of drug-likeness (QED) is 0.145. The summed E-state index contributed by atoms with van der Waals surface area (Å²) < 4.78 is 4.97. The zero-order valence-electron chi connectivity index (χ0n) is 18.2. The Morgan fingerprint density at radius 3 is 2.10 bits per heavy atom. The van der Waals surface area contributed by atoms with Crippen LogP contribution in [0.15, 0.2) is 35.4 Å². The minimum atomic E-state index is -0.565. The summed E-state index contributed by atoms with van der Waals surface area (Å²) in [4.78, 5) is 49.4. The maximum absolute atomic E-state index is 13.1. The number of nitro benzene ring substituents is 1. The number of nitrogens with zero attached hydrogens (tertiary/aromatic N) is 2. The van der Waals surface area contributed by atoms with Crippen molar-refractivity contribution < 1.29 is 24.0 Å². The lowest BCUT2D eigenvalue weighted by molar-refractivity contribution is -0.384. The third-order valence-corrected chi connectivity index (χ3v) is 5.26. The van der Waals surface area contributed by atoms with Crippen LogP contribution in [0.1, 0.15) is 71.6 Å². The van der Waals surface area contributed by atoms with E-state index in [-0.39, 0.29) is 30.0 Å². The number of esters is 1. The first kappa shape index (κ1) is 24.2. The number of carbonyl (C=O) groups excluding carboxylic acids is 3. The minimum absolute atomic E-state index is 0.133. The second-order valence-electron chi connectivity index (χ2n) is 7.53. The van der Waals surface area contributed by atoms with Gasteiger partial charge in [0.25, 0.3) is 17.5 Å². The Hall–Kier alpha value is -3.03. The molecule has 0 atom stereocenters. The molecule has 168 valence electrons. The molecule has 2 amide bonds. The summed E-state index contributed by atoms with van der Waals surface area (Å²) in [6, 6.07) is 5.23. The van der Waals surface area contributed by atoms with E-state index in [1.807, 2.05) is 0 Å². The Balaban J connectivity index is 2.14. The molecule has 0 fully saturated rings. The van der Waals surface area contributed by atoms with Crippen molar-refractivity contribution in [3.8, 4) is 0 Å². The minimum Gasteiger partial charge on any atom is -0.466 e. The van der Waals surface area contributed by atoms with E-state index >= 15 is 0 Å². The number of unbranched alkanes of at least 4 members (excludes halogenated alkanes) is 6. The molecule has 0 saturated carbocycles. The van der Waals surface area contributed by atoms with E-state index in [2.05, 4.69) is 6.92 Å². The number of hydrogen-bond acceptors (Lipinski definition) is 6. The van der Waals surface area contributed by atoms with Gasteiger partial charge in [-0.2, -0.15) is 0 Å². The third kappa shape index (κ3) is 6.47. The highest BCUT2D eigenvalue weighted by atomic mass is 16.6. The van der Waals surface area contributed by atoms with Gasteiger partial charge in [0.2, 0.25) is 0 Å². The molecule has 0 spiro atoms. The van der Waals surface area contributed by atoms with Gasteiger partial charge in [-0.25, -0.2) is 4.90 Å². The van der Waals surface area contributed by atoms with E-state index in [4.69, 9.17) is 4.74 Å². The molecule has 0 unspecified atom stereocenters. The van der Waals surface area contributed by atoms with Crippen LogP contribution in [-0.2, 0) is 19.1 Å². The number of imide groups is 1. The molecule has 8 nitrogen and oxygen atoms in total. The lowest BCUT2D eigenvalue weighted by Crippen LogP contribution is -2.32. The number of hydrogen-bond donors (Lipinski definition) is 0. The maximum atomic E-state index is 13.1. The van der Waals surface area contributed by atoms with Gasteiger partial charge in [-0.1, -0.05) is 45.4 Å². The largest absolute Gasteiger partial charge is 0.466 e. The highest BCUT2D eigenvalue weighted by molar-refractivity contribution is 6.33. The fourth-order valence-corrected chi connectivity index (χ4v) is 3.63. The molecule has 1 aromatic rings. The lowest BCUT2D eigenvalue weighted by atomic mass is 10.00. The molecule has 2 rings (SSSR count). The zero-order valence-corrected chi connectivity index (χ0v) is 18.2. The predicted molar refractivity (Wildman–Crippen MR) is 116 cm³/mol. The molecule has 0 aromatic heterocycles.